The molecule has 3 aromatic rings. The van der Waals surface area contributed by atoms with Crippen molar-refractivity contribution < 1.29 is 14.8 Å². The van der Waals surface area contributed by atoms with Crippen LogP contribution in [0.1, 0.15) is 20.0 Å². The molecule has 120 valence electrons. The summed E-state index contributed by atoms with van der Waals surface area (Å²) in [6, 6.07) is 15.8. The molecule has 6 nitrogen and oxygen atoms in total. The number of nitrogens with one attached hydrogen (secondary N) is 2. The summed E-state index contributed by atoms with van der Waals surface area (Å²) in [7, 11) is 0. The van der Waals surface area contributed by atoms with E-state index >= 15 is 0 Å². The molecule has 0 aliphatic rings. The number of hydroxylamine groups is 1. The van der Waals surface area contributed by atoms with Crippen molar-refractivity contribution in [3.8, 4) is 10.6 Å². The lowest BCUT2D eigenvalue weighted by Crippen LogP contribution is -2.16. The van der Waals surface area contributed by atoms with Crippen molar-refractivity contribution in [2.75, 3.05) is 5.32 Å². The normalized spacial score (nSPS) is 10.2. The lowest BCUT2D eigenvalue weighted by molar-refractivity contribution is 0.0711. The monoisotopic (exact) mass is 339 g/mol. The standard InChI is InChI=1S/C17H13N3O3S/c21-16(11-4-2-1-3-5-11)19-12-6-7-13(18-10-12)14-8-9-15(24-14)17(22)20-23/h1-10,23H,(H,19,21)(H,20,22). The first kappa shape index (κ1) is 15.9. The zero-order valence-electron chi connectivity index (χ0n) is 12.4. The molecule has 24 heavy (non-hydrogen) atoms. The van der Waals surface area contributed by atoms with Crippen molar-refractivity contribution in [2.24, 2.45) is 0 Å². The number of benzene rings is 1. The number of aromatic nitrogens is 1. The maximum absolute atomic E-state index is 12.1. The Bertz CT molecular complexity index is 860. The fraction of sp³-hybridized carbons (Fsp3) is 0. The van der Waals surface area contributed by atoms with Crippen LogP contribution in [-0.4, -0.2) is 22.0 Å². The van der Waals surface area contributed by atoms with Crippen molar-refractivity contribution in [2.45, 2.75) is 0 Å². The first-order valence-electron chi connectivity index (χ1n) is 7.04. The highest BCUT2D eigenvalue weighted by Gasteiger charge is 2.10. The van der Waals surface area contributed by atoms with Crippen molar-refractivity contribution in [3.05, 3.63) is 71.2 Å². The molecule has 0 aliphatic carbocycles. The highest BCUT2D eigenvalue weighted by Crippen LogP contribution is 2.27. The second-order valence-electron chi connectivity index (χ2n) is 4.86. The van der Waals surface area contributed by atoms with Gasteiger partial charge in [0.05, 0.1) is 27.3 Å². The molecule has 1 aromatic carbocycles. The van der Waals surface area contributed by atoms with Crippen LogP contribution in [0.3, 0.4) is 0 Å². The second kappa shape index (κ2) is 7.03. The quantitative estimate of drug-likeness (QED) is 0.503. The van der Waals surface area contributed by atoms with Gasteiger partial charge in [0.15, 0.2) is 0 Å². The third-order valence-electron chi connectivity index (χ3n) is 3.24. The molecule has 0 bridgehead atoms. The highest BCUT2D eigenvalue weighted by atomic mass is 32.1. The predicted molar refractivity (Wildman–Crippen MR) is 91.2 cm³/mol. The lowest BCUT2D eigenvalue weighted by atomic mass is 10.2. The molecule has 2 aromatic heterocycles. The third-order valence-corrected chi connectivity index (χ3v) is 4.35. The van der Waals surface area contributed by atoms with Gasteiger partial charge in [-0.05, 0) is 36.4 Å². The Morgan fingerprint density at radius 1 is 0.958 bits per heavy atom. The van der Waals surface area contributed by atoms with Gasteiger partial charge in [0.2, 0.25) is 0 Å². The van der Waals surface area contributed by atoms with Gasteiger partial charge in [-0.15, -0.1) is 11.3 Å². The molecule has 0 unspecified atom stereocenters. The smallest absolute Gasteiger partial charge is 0.284 e. The van der Waals surface area contributed by atoms with E-state index in [4.69, 9.17) is 5.21 Å². The van der Waals surface area contributed by atoms with Gasteiger partial charge in [0, 0.05) is 5.56 Å². The SMILES string of the molecule is O=C(Nc1ccc(-c2ccc(C(=O)NO)s2)nc1)c1ccccc1. The maximum atomic E-state index is 12.1. The molecule has 0 saturated carbocycles. The summed E-state index contributed by atoms with van der Waals surface area (Å²) in [6.07, 6.45) is 1.56. The summed E-state index contributed by atoms with van der Waals surface area (Å²) in [6.45, 7) is 0. The van der Waals surface area contributed by atoms with Gasteiger partial charge in [0.25, 0.3) is 11.8 Å². The minimum Gasteiger partial charge on any atom is -0.321 e. The number of thiophene rings is 1. The molecule has 3 rings (SSSR count). The van der Waals surface area contributed by atoms with E-state index in [9.17, 15) is 9.59 Å². The average Bonchev–Trinajstić information content (AvgIpc) is 3.12. The first-order valence-corrected chi connectivity index (χ1v) is 7.86. The van der Waals surface area contributed by atoms with E-state index in [1.807, 2.05) is 6.07 Å². The average molecular weight is 339 g/mol. The molecule has 0 atom stereocenters. The van der Waals surface area contributed by atoms with Gasteiger partial charge in [0.1, 0.15) is 0 Å². The van der Waals surface area contributed by atoms with E-state index in [1.54, 1.807) is 60.2 Å². The molecule has 0 radical (unpaired) electrons. The van der Waals surface area contributed by atoms with E-state index in [-0.39, 0.29) is 5.91 Å². The topological polar surface area (TPSA) is 91.3 Å². The molecule has 7 heteroatoms. The van der Waals surface area contributed by atoms with Crippen LogP contribution in [0.15, 0.2) is 60.8 Å². The Morgan fingerprint density at radius 2 is 1.75 bits per heavy atom. The van der Waals surface area contributed by atoms with Gasteiger partial charge >= 0.3 is 0 Å². The zero-order chi connectivity index (χ0) is 16.9. The van der Waals surface area contributed by atoms with Crippen LogP contribution < -0.4 is 10.8 Å². The minimum atomic E-state index is -0.557. The summed E-state index contributed by atoms with van der Waals surface area (Å²) in [4.78, 5) is 28.9. The van der Waals surface area contributed by atoms with Crippen molar-refractivity contribution in [1.82, 2.24) is 10.5 Å². The summed E-state index contributed by atoms with van der Waals surface area (Å²) < 4.78 is 0. The van der Waals surface area contributed by atoms with E-state index < -0.39 is 5.91 Å². The second-order valence-corrected chi connectivity index (χ2v) is 5.94. The molecule has 2 heterocycles. The Labute approximate surface area is 141 Å². The van der Waals surface area contributed by atoms with E-state index in [0.29, 0.717) is 21.8 Å². The van der Waals surface area contributed by atoms with Crippen LogP contribution in [-0.2, 0) is 0 Å². The van der Waals surface area contributed by atoms with Gasteiger partial charge in [-0.1, -0.05) is 18.2 Å². The van der Waals surface area contributed by atoms with Crippen LogP contribution in [0, 0.1) is 0 Å². The number of hydrogen-bond acceptors (Lipinski definition) is 5. The summed E-state index contributed by atoms with van der Waals surface area (Å²) in [5.74, 6) is -0.763. The van der Waals surface area contributed by atoms with E-state index in [0.717, 1.165) is 4.88 Å². The lowest BCUT2D eigenvalue weighted by Gasteiger charge is -2.05. The molecule has 0 saturated heterocycles. The molecule has 2 amide bonds. The van der Waals surface area contributed by atoms with Crippen molar-refractivity contribution >= 4 is 28.8 Å². The highest BCUT2D eigenvalue weighted by molar-refractivity contribution is 7.17. The number of pyridine rings is 1. The summed E-state index contributed by atoms with van der Waals surface area (Å²) in [5.41, 5.74) is 3.42. The Hall–Kier alpha value is -3.03. The van der Waals surface area contributed by atoms with Gasteiger partial charge in [-0.3, -0.25) is 19.8 Å². The number of anilines is 1. The van der Waals surface area contributed by atoms with Gasteiger partial charge < -0.3 is 5.32 Å². The van der Waals surface area contributed by atoms with Crippen LogP contribution in [0.25, 0.3) is 10.6 Å². The molecular formula is C17H13N3O3S. The molecule has 0 spiro atoms. The molecule has 0 aliphatic heterocycles. The number of amides is 2. The van der Waals surface area contributed by atoms with Crippen LogP contribution in [0.2, 0.25) is 0 Å². The third kappa shape index (κ3) is 3.48. The Balaban J connectivity index is 1.73. The molecule has 3 N–H and O–H groups in total. The predicted octanol–water partition coefficient (Wildman–Crippen LogP) is 3.18. The van der Waals surface area contributed by atoms with Crippen molar-refractivity contribution in [1.29, 1.82) is 0 Å². The number of nitrogens with zero attached hydrogens (tertiary/aromatic N) is 1. The largest absolute Gasteiger partial charge is 0.321 e. The summed E-state index contributed by atoms with van der Waals surface area (Å²) >= 11 is 1.21. The van der Waals surface area contributed by atoms with E-state index in [1.165, 1.54) is 11.3 Å². The Morgan fingerprint density at radius 3 is 2.42 bits per heavy atom. The van der Waals surface area contributed by atoms with Crippen LogP contribution in [0.4, 0.5) is 5.69 Å². The van der Waals surface area contributed by atoms with E-state index in [2.05, 4.69) is 10.3 Å². The van der Waals surface area contributed by atoms with Gasteiger partial charge in [-0.2, -0.15) is 0 Å². The summed E-state index contributed by atoms with van der Waals surface area (Å²) in [5, 5.41) is 11.4. The molecular weight excluding hydrogens is 326 g/mol. The van der Waals surface area contributed by atoms with Crippen LogP contribution in [0.5, 0.6) is 0 Å². The maximum Gasteiger partial charge on any atom is 0.284 e. The number of carbonyl (C=O) groups is 2. The van der Waals surface area contributed by atoms with Gasteiger partial charge in [-0.25, -0.2) is 5.48 Å². The number of rotatable bonds is 4. The number of carbonyl (C=O) groups excluding carboxylic acids is 2. The minimum absolute atomic E-state index is 0.205. The number of hydrogen-bond donors (Lipinski definition) is 3. The zero-order valence-corrected chi connectivity index (χ0v) is 13.2. The fourth-order valence-corrected chi connectivity index (χ4v) is 2.93. The van der Waals surface area contributed by atoms with Crippen LogP contribution >= 0.6 is 11.3 Å². The Kier molecular flexibility index (Phi) is 4.64. The van der Waals surface area contributed by atoms with Crippen molar-refractivity contribution in [3.63, 3.8) is 0 Å². The first-order chi connectivity index (χ1) is 11.7. The fourth-order valence-electron chi connectivity index (χ4n) is 2.06. The molecule has 0 fully saturated rings.